The van der Waals surface area contributed by atoms with Gasteiger partial charge in [0.05, 0.1) is 6.33 Å². The van der Waals surface area contributed by atoms with Crippen molar-refractivity contribution in [2.24, 2.45) is 0 Å². The van der Waals surface area contributed by atoms with Gasteiger partial charge < -0.3 is 8.99 Å². The number of carbonyl (C=O) groups is 1. The van der Waals surface area contributed by atoms with Gasteiger partial charge in [-0.25, -0.2) is 4.98 Å². The Bertz CT molecular complexity index is 948. The van der Waals surface area contributed by atoms with E-state index in [9.17, 15) is 4.79 Å². The summed E-state index contributed by atoms with van der Waals surface area (Å²) in [5, 5.41) is 2.66. The Kier molecular flexibility index (Phi) is 6.26. The van der Waals surface area contributed by atoms with Gasteiger partial charge in [0, 0.05) is 18.3 Å². The molecule has 162 valence electrons. The third-order valence-corrected chi connectivity index (χ3v) is 11.7. The second kappa shape index (κ2) is 8.93. The van der Waals surface area contributed by atoms with E-state index in [0.29, 0.717) is 11.7 Å². The summed E-state index contributed by atoms with van der Waals surface area (Å²) in [4.78, 5) is 15.2. The first-order valence-corrected chi connectivity index (χ1v) is 13.1. The summed E-state index contributed by atoms with van der Waals surface area (Å²) in [7, 11) is -2.51. The van der Waals surface area contributed by atoms with E-state index in [1.807, 2.05) is 6.20 Å². The van der Waals surface area contributed by atoms with E-state index in [0.717, 1.165) is 32.0 Å². The van der Waals surface area contributed by atoms with E-state index in [4.69, 9.17) is 4.43 Å². The fraction of sp³-hybridized carbons (Fsp3) is 0.385. The van der Waals surface area contributed by atoms with Crippen molar-refractivity contribution in [2.45, 2.75) is 63.6 Å². The van der Waals surface area contributed by atoms with Gasteiger partial charge in [-0.2, -0.15) is 0 Å². The van der Waals surface area contributed by atoms with Crippen molar-refractivity contribution in [2.75, 3.05) is 0 Å². The molecule has 0 amide bonds. The fourth-order valence-corrected chi connectivity index (χ4v) is 9.77. The second-order valence-corrected chi connectivity index (χ2v) is 13.8. The molecule has 0 aliphatic heterocycles. The van der Waals surface area contributed by atoms with Crippen LogP contribution in [0.3, 0.4) is 0 Å². The first-order valence-electron chi connectivity index (χ1n) is 11.2. The molecule has 1 heterocycles. The molecule has 0 saturated heterocycles. The van der Waals surface area contributed by atoms with Crippen molar-refractivity contribution in [3.05, 3.63) is 78.9 Å². The van der Waals surface area contributed by atoms with Gasteiger partial charge in [0.25, 0.3) is 8.32 Å². The van der Waals surface area contributed by atoms with E-state index >= 15 is 0 Å². The van der Waals surface area contributed by atoms with Crippen LogP contribution in [0, 0.1) is 0 Å². The minimum Gasteiger partial charge on any atom is -0.404 e. The van der Waals surface area contributed by atoms with Crippen LogP contribution in [0.4, 0.5) is 0 Å². The largest absolute Gasteiger partial charge is 0.404 e. The molecule has 1 aliphatic rings. The van der Waals surface area contributed by atoms with Gasteiger partial charge in [-0.05, 0) is 41.1 Å². The van der Waals surface area contributed by atoms with Crippen molar-refractivity contribution < 1.29 is 9.22 Å². The van der Waals surface area contributed by atoms with Crippen LogP contribution in [0.5, 0.6) is 0 Å². The van der Waals surface area contributed by atoms with E-state index in [-0.39, 0.29) is 11.1 Å². The highest BCUT2D eigenvalue weighted by Gasteiger charge is 2.51. The first kappa shape index (κ1) is 21.7. The number of aldehydes is 1. The summed E-state index contributed by atoms with van der Waals surface area (Å²) < 4.78 is 9.38. The minimum atomic E-state index is -2.51. The predicted molar refractivity (Wildman–Crippen MR) is 128 cm³/mol. The molecule has 31 heavy (non-hydrogen) atoms. The normalized spacial score (nSPS) is 19.8. The Labute approximate surface area is 186 Å². The third-order valence-electron chi connectivity index (χ3n) is 6.57. The number of rotatable bonds is 6. The van der Waals surface area contributed by atoms with E-state index in [1.165, 1.54) is 10.4 Å². The lowest BCUT2D eigenvalue weighted by Gasteiger charge is -2.46. The van der Waals surface area contributed by atoms with Gasteiger partial charge in [0.1, 0.15) is 5.69 Å². The molecule has 0 bridgehead atoms. The molecule has 1 aromatic heterocycles. The highest BCUT2D eigenvalue weighted by atomic mass is 28.4. The molecular weight excluding hydrogens is 400 g/mol. The third kappa shape index (κ3) is 4.30. The average molecular weight is 433 g/mol. The molecule has 1 aliphatic carbocycles. The van der Waals surface area contributed by atoms with Crippen molar-refractivity contribution in [3.8, 4) is 0 Å². The molecule has 4 nitrogen and oxygen atoms in total. The van der Waals surface area contributed by atoms with Crippen LogP contribution in [0.1, 0.15) is 63.0 Å². The number of hydrogen-bond acceptors (Lipinski definition) is 3. The van der Waals surface area contributed by atoms with Gasteiger partial charge in [-0.15, -0.1) is 0 Å². The van der Waals surface area contributed by atoms with Crippen LogP contribution in [-0.2, 0) is 4.43 Å². The van der Waals surface area contributed by atoms with Gasteiger partial charge in [0.2, 0.25) is 0 Å². The van der Waals surface area contributed by atoms with Crippen molar-refractivity contribution in [1.82, 2.24) is 9.55 Å². The number of carbonyl (C=O) groups excluding carboxylic acids is 1. The molecule has 1 saturated carbocycles. The zero-order valence-electron chi connectivity index (χ0n) is 18.7. The number of imidazole rings is 1. The van der Waals surface area contributed by atoms with E-state index < -0.39 is 8.32 Å². The zero-order chi connectivity index (χ0) is 21.9. The van der Waals surface area contributed by atoms with Gasteiger partial charge >= 0.3 is 0 Å². The zero-order valence-corrected chi connectivity index (χ0v) is 19.7. The number of benzene rings is 2. The van der Waals surface area contributed by atoms with E-state index in [2.05, 4.69) is 91.0 Å². The highest BCUT2D eigenvalue weighted by Crippen LogP contribution is 2.40. The molecule has 5 heteroatoms. The fourth-order valence-electron chi connectivity index (χ4n) is 5.02. The summed E-state index contributed by atoms with van der Waals surface area (Å²) in [6, 6.07) is 22.1. The Morgan fingerprint density at radius 2 is 1.48 bits per heavy atom. The molecule has 3 aromatic rings. The molecule has 0 radical (unpaired) electrons. The van der Waals surface area contributed by atoms with E-state index in [1.54, 1.807) is 6.33 Å². The Hall–Kier alpha value is -2.50. The maximum atomic E-state index is 11.0. The van der Waals surface area contributed by atoms with Crippen LogP contribution in [0.2, 0.25) is 5.04 Å². The predicted octanol–water partition coefficient (Wildman–Crippen LogP) is 4.76. The Balaban J connectivity index is 1.62. The van der Waals surface area contributed by atoms with Gasteiger partial charge in [-0.1, -0.05) is 81.4 Å². The van der Waals surface area contributed by atoms with Crippen molar-refractivity contribution >= 4 is 25.0 Å². The maximum absolute atomic E-state index is 11.0. The van der Waals surface area contributed by atoms with Gasteiger partial charge in [0.15, 0.2) is 6.29 Å². The molecule has 0 unspecified atom stereocenters. The maximum Gasteiger partial charge on any atom is 0.261 e. The minimum absolute atomic E-state index is 0.00420. The topological polar surface area (TPSA) is 44.1 Å². The average Bonchev–Trinajstić information content (AvgIpc) is 3.28. The van der Waals surface area contributed by atoms with Crippen molar-refractivity contribution in [3.63, 3.8) is 0 Å². The molecule has 0 atom stereocenters. The Morgan fingerprint density at radius 1 is 0.935 bits per heavy atom. The smallest absolute Gasteiger partial charge is 0.261 e. The number of aromatic nitrogens is 2. The molecular formula is C26H32N2O2Si. The van der Waals surface area contributed by atoms with Crippen LogP contribution in [0.15, 0.2) is 73.2 Å². The first-order chi connectivity index (χ1) is 14.9. The van der Waals surface area contributed by atoms with Crippen LogP contribution in [-0.4, -0.2) is 30.3 Å². The molecule has 1 fully saturated rings. The van der Waals surface area contributed by atoms with Crippen LogP contribution in [0.25, 0.3) is 0 Å². The lowest BCUT2D eigenvalue weighted by Crippen LogP contribution is -2.67. The highest BCUT2D eigenvalue weighted by molar-refractivity contribution is 6.99. The SMILES string of the molecule is CC(C)(C)[Si](O[C@H]1CC[C@@H](n2cnc(C=O)c2)CC1)(c1ccccc1)c1ccccc1. The molecule has 0 N–H and O–H groups in total. The Morgan fingerprint density at radius 3 is 1.94 bits per heavy atom. The lowest BCUT2D eigenvalue weighted by atomic mass is 9.93. The van der Waals surface area contributed by atoms with Crippen LogP contribution >= 0.6 is 0 Å². The molecule has 0 spiro atoms. The van der Waals surface area contributed by atoms with Gasteiger partial charge in [-0.3, -0.25) is 4.79 Å². The summed E-state index contributed by atoms with van der Waals surface area (Å²) in [6.07, 6.45) is 8.81. The quantitative estimate of drug-likeness (QED) is 0.417. The summed E-state index contributed by atoms with van der Waals surface area (Å²) in [5.41, 5.74) is 0.505. The monoisotopic (exact) mass is 432 g/mol. The number of hydrogen-bond donors (Lipinski definition) is 0. The second-order valence-electron chi connectivity index (χ2n) is 9.58. The van der Waals surface area contributed by atoms with Crippen molar-refractivity contribution in [1.29, 1.82) is 0 Å². The number of nitrogens with zero attached hydrogens (tertiary/aromatic N) is 2. The van der Waals surface area contributed by atoms with Crippen LogP contribution < -0.4 is 10.4 Å². The summed E-state index contributed by atoms with van der Waals surface area (Å²) in [6.45, 7) is 6.99. The molecule has 2 aromatic carbocycles. The molecule has 4 rings (SSSR count). The lowest BCUT2D eigenvalue weighted by molar-refractivity contribution is 0.111. The standard InChI is InChI=1S/C26H32N2O2Si/c1-26(2,3)31(24-10-6-4-7-11-24,25-12-8-5-9-13-25)30-23-16-14-22(15-17-23)28-18-21(19-29)27-20-28/h4-13,18-20,22-23H,14-17H2,1-3H3/t22-,23+. The summed E-state index contributed by atoms with van der Waals surface area (Å²) >= 11 is 0. The summed E-state index contributed by atoms with van der Waals surface area (Å²) in [5.74, 6) is 0.